The van der Waals surface area contributed by atoms with Gasteiger partial charge >= 0.3 is 0 Å². The molecule has 0 radical (unpaired) electrons. The van der Waals surface area contributed by atoms with Crippen LogP contribution in [0.2, 0.25) is 0 Å². The predicted octanol–water partition coefficient (Wildman–Crippen LogP) is 3.85. The van der Waals surface area contributed by atoms with Gasteiger partial charge in [0.1, 0.15) is 17.6 Å². The maximum atomic E-state index is 9.24. The third-order valence-electron chi connectivity index (χ3n) is 2.89. The molecule has 0 spiro atoms. The summed E-state index contributed by atoms with van der Waals surface area (Å²) < 4.78 is 5.74. The van der Waals surface area contributed by atoms with Crippen molar-refractivity contribution in [2.24, 2.45) is 0 Å². The number of hydrogen-bond acceptors (Lipinski definition) is 3. The van der Waals surface area contributed by atoms with Crippen LogP contribution in [0.1, 0.15) is 24.5 Å². The minimum absolute atomic E-state index is 0.560. The van der Waals surface area contributed by atoms with Gasteiger partial charge in [-0.1, -0.05) is 31.2 Å². The Morgan fingerprint density at radius 1 is 1.15 bits per heavy atom. The summed E-state index contributed by atoms with van der Waals surface area (Å²) in [6.07, 6.45) is 1.10. The average molecular weight is 266 g/mol. The van der Waals surface area contributed by atoms with E-state index in [9.17, 15) is 5.26 Å². The molecule has 3 nitrogen and oxygen atoms in total. The number of hydrogen-bond donors (Lipinski definition) is 1. The molecule has 2 rings (SSSR count). The van der Waals surface area contributed by atoms with E-state index in [0.717, 1.165) is 30.8 Å². The first-order valence-electron chi connectivity index (χ1n) is 6.80. The molecule has 2 aromatic carbocycles. The highest BCUT2D eigenvalue weighted by atomic mass is 16.5. The summed E-state index contributed by atoms with van der Waals surface area (Å²) in [5.41, 5.74) is 1.65. The van der Waals surface area contributed by atoms with Gasteiger partial charge in [-0.05, 0) is 42.8 Å². The number of nitrogens with one attached hydrogen (secondary N) is 1. The van der Waals surface area contributed by atoms with E-state index in [2.05, 4.69) is 18.3 Å². The summed E-state index contributed by atoms with van der Waals surface area (Å²) in [6.45, 7) is 3.88. The highest BCUT2D eigenvalue weighted by molar-refractivity contribution is 5.47. The van der Waals surface area contributed by atoms with Crippen molar-refractivity contribution >= 4 is 0 Å². The fourth-order valence-corrected chi connectivity index (χ4v) is 1.89. The van der Waals surface area contributed by atoms with Crippen LogP contribution >= 0.6 is 0 Å². The van der Waals surface area contributed by atoms with E-state index in [1.54, 1.807) is 0 Å². The molecule has 0 amide bonds. The van der Waals surface area contributed by atoms with Gasteiger partial charge in [-0.15, -0.1) is 0 Å². The van der Waals surface area contributed by atoms with Crippen molar-refractivity contribution in [2.45, 2.75) is 19.9 Å². The van der Waals surface area contributed by atoms with Crippen molar-refractivity contribution in [3.8, 4) is 17.6 Å². The molecule has 1 N–H and O–H groups in total. The zero-order valence-electron chi connectivity index (χ0n) is 11.6. The molecule has 0 aromatic heterocycles. The Balaban J connectivity index is 2.12. The van der Waals surface area contributed by atoms with Gasteiger partial charge in [-0.3, -0.25) is 0 Å². The minimum atomic E-state index is 0.560. The number of ether oxygens (including phenoxy) is 1. The van der Waals surface area contributed by atoms with Gasteiger partial charge in [-0.25, -0.2) is 0 Å². The molecule has 0 saturated carbocycles. The first-order chi connectivity index (χ1) is 9.83. The minimum Gasteiger partial charge on any atom is -0.456 e. The van der Waals surface area contributed by atoms with Gasteiger partial charge < -0.3 is 10.1 Å². The zero-order valence-corrected chi connectivity index (χ0v) is 11.6. The standard InChI is InChI=1S/C17H18N2O/c1-2-10-19-13-14-8-9-17(15(11-14)12-18)20-16-6-4-3-5-7-16/h3-9,11,19H,2,10,13H2,1H3. The van der Waals surface area contributed by atoms with E-state index in [1.165, 1.54) is 0 Å². The Kier molecular flexibility index (Phi) is 5.16. The van der Waals surface area contributed by atoms with Gasteiger partial charge in [-0.2, -0.15) is 5.26 Å². The predicted molar refractivity (Wildman–Crippen MR) is 79.7 cm³/mol. The lowest BCUT2D eigenvalue weighted by Crippen LogP contribution is -2.13. The highest BCUT2D eigenvalue weighted by Crippen LogP contribution is 2.25. The van der Waals surface area contributed by atoms with Gasteiger partial charge in [0.25, 0.3) is 0 Å². The fraction of sp³-hybridized carbons (Fsp3) is 0.235. The van der Waals surface area contributed by atoms with Crippen LogP contribution in [-0.4, -0.2) is 6.54 Å². The topological polar surface area (TPSA) is 45.0 Å². The molecule has 3 heteroatoms. The molecule has 0 unspecified atom stereocenters. The summed E-state index contributed by atoms with van der Waals surface area (Å²) in [4.78, 5) is 0. The number of para-hydroxylation sites is 1. The van der Waals surface area contributed by atoms with E-state index in [0.29, 0.717) is 11.3 Å². The lowest BCUT2D eigenvalue weighted by atomic mass is 10.1. The Morgan fingerprint density at radius 3 is 2.65 bits per heavy atom. The first-order valence-corrected chi connectivity index (χ1v) is 6.80. The molecular formula is C17H18N2O. The maximum Gasteiger partial charge on any atom is 0.145 e. The molecule has 0 saturated heterocycles. The third-order valence-corrected chi connectivity index (χ3v) is 2.89. The number of benzene rings is 2. The monoisotopic (exact) mass is 266 g/mol. The number of nitrogens with zero attached hydrogens (tertiary/aromatic N) is 1. The third kappa shape index (κ3) is 3.84. The molecule has 0 aliphatic rings. The fourth-order valence-electron chi connectivity index (χ4n) is 1.89. The SMILES string of the molecule is CCCNCc1ccc(Oc2ccccc2)c(C#N)c1. The quantitative estimate of drug-likeness (QED) is 0.808. The summed E-state index contributed by atoms with van der Waals surface area (Å²) in [7, 11) is 0. The van der Waals surface area contributed by atoms with Gasteiger partial charge in [0, 0.05) is 6.54 Å². The van der Waals surface area contributed by atoms with Crippen LogP contribution < -0.4 is 10.1 Å². The Hall–Kier alpha value is -2.31. The van der Waals surface area contributed by atoms with Crippen LogP contribution in [0.5, 0.6) is 11.5 Å². The number of rotatable bonds is 6. The summed E-state index contributed by atoms with van der Waals surface area (Å²) >= 11 is 0. The molecule has 0 bridgehead atoms. The Labute approximate surface area is 119 Å². The lowest BCUT2D eigenvalue weighted by Gasteiger charge is -2.09. The molecule has 0 aliphatic heterocycles. The Bertz CT molecular complexity index is 588. The van der Waals surface area contributed by atoms with E-state index in [4.69, 9.17) is 4.74 Å². The van der Waals surface area contributed by atoms with Crippen molar-refractivity contribution in [2.75, 3.05) is 6.54 Å². The Morgan fingerprint density at radius 2 is 1.95 bits per heavy atom. The summed E-state index contributed by atoms with van der Waals surface area (Å²) in [5.74, 6) is 1.33. The first kappa shape index (κ1) is 14.1. The van der Waals surface area contributed by atoms with Gasteiger partial charge in [0.2, 0.25) is 0 Å². The van der Waals surface area contributed by atoms with Crippen molar-refractivity contribution in [3.05, 3.63) is 59.7 Å². The summed E-state index contributed by atoms with van der Waals surface area (Å²) in [6, 6.07) is 17.4. The molecular weight excluding hydrogens is 248 g/mol. The van der Waals surface area contributed by atoms with E-state index in [1.807, 2.05) is 48.5 Å². The normalized spacial score (nSPS) is 10.0. The second kappa shape index (κ2) is 7.32. The van der Waals surface area contributed by atoms with E-state index in [-0.39, 0.29) is 0 Å². The maximum absolute atomic E-state index is 9.24. The van der Waals surface area contributed by atoms with Crippen molar-refractivity contribution in [1.29, 1.82) is 5.26 Å². The second-order valence-corrected chi connectivity index (χ2v) is 4.53. The van der Waals surface area contributed by atoms with Crippen LogP contribution in [0.3, 0.4) is 0 Å². The van der Waals surface area contributed by atoms with Crippen molar-refractivity contribution < 1.29 is 4.74 Å². The van der Waals surface area contributed by atoms with Crippen molar-refractivity contribution in [3.63, 3.8) is 0 Å². The molecule has 0 fully saturated rings. The lowest BCUT2D eigenvalue weighted by molar-refractivity contribution is 0.480. The smallest absolute Gasteiger partial charge is 0.145 e. The largest absolute Gasteiger partial charge is 0.456 e. The number of nitriles is 1. The van der Waals surface area contributed by atoms with Crippen LogP contribution in [-0.2, 0) is 6.54 Å². The van der Waals surface area contributed by atoms with Gasteiger partial charge in [0.05, 0.1) is 5.56 Å². The van der Waals surface area contributed by atoms with Crippen LogP contribution in [0.15, 0.2) is 48.5 Å². The highest BCUT2D eigenvalue weighted by Gasteiger charge is 2.06. The van der Waals surface area contributed by atoms with E-state index >= 15 is 0 Å². The van der Waals surface area contributed by atoms with Crippen LogP contribution in [0.4, 0.5) is 0 Å². The average Bonchev–Trinajstić information content (AvgIpc) is 2.50. The van der Waals surface area contributed by atoms with Crippen molar-refractivity contribution in [1.82, 2.24) is 5.32 Å². The molecule has 0 atom stereocenters. The summed E-state index contributed by atoms with van der Waals surface area (Å²) in [5, 5.41) is 12.6. The second-order valence-electron chi connectivity index (χ2n) is 4.53. The molecule has 20 heavy (non-hydrogen) atoms. The zero-order chi connectivity index (χ0) is 14.2. The van der Waals surface area contributed by atoms with Crippen LogP contribution in [0, 0.1) is 11.3 Å². The van der Waals surface area contributed by atoms with Gasteiger partial charge in [0.15, 0.2) is 0 Å². The van der Waals surface area contributed by atoms with E-state index < -0.39 is 0 Å². The molecule has 2 aromatic rings. The molecule has 0 aliphatic carbocycles. The molecule has 0 heterocycles. The van der Waals surface area contributed by atoms with Crippen LogP contribution in [0.25, 0.3) is 0 Å². The molecule has 102 valence electrons.